The van der Waals surface area contributed by atoms with Crippen molar-refractivity contribution in [1.82, 2.24) is 0 Å². The lowest BCUT2D eigenvalue weighted by molar-refractivity contribution is -0.125. The molecule has 0 radical (unpaired) electrons. The van der Waals surface area contributed by atoms with E-state index in [9.17, 15) is 4.79 Å². The van der Waals surface area contributed by atoms with Crippen molar-refractivity contribution in [3.63, 3.8) is 0 Å². The van der Waals surface area contributed by atoms with Gasteiger partial charge in [0.1, 0.15) is 5.78 Å². The van der Waals surface area contributed by atoms with Gasteiger partial charge in [0.15, 0.2) is 0 Å². The fourth-order valence-electron chi connectivity index (χ4n) is 2.99. The third-order valence-electron chi connectivity index (χ3n) is 4.26. The van der Waals surface area contributed by atoms with Gasteiger partial charge in [-0.2, -0.15) is 5.26 Å². The highest BCUT2D eigenvalue weighted by Gasteiger charge is 2.30. The van der Waals surface area contributed by atoms with Crippen molar-refractivity contribution >= 4 is 5.78 Å². The van der Waals surface area contributed by atoms with Crippen molar-refractivity contribution in [3.05, 3.63) is 35.9 Å². The number of ketones is 1. The van der Waals surface area contributed by atoms with Gasteiger partial charge in [0.25, 0.3) is 0 Å². The molecular formula is C17H21NO. The Labute approximate surface area is 115 Å². The number of benzene rings is 1. The third kappa shape index (κ3) is 3.44. The van der Waals surface area contributed by atoms with Crippen LogP contribution in [0.25, 0.3) is 0 Å². The molecule has 0 heterocycles. The van der Waals surface area contributed by atoms with Gasteiger partial charge in [-0.1, -0.05) is 50.1 Å². The van der Waals surface area contributed by atoms with Gasteiger partial charge in [-0.15, -0.1) is 0 Å². The molecule has 1 unspecified atom stereocenters. The number of carbonyl (C=O) groups excluding carboxylic acids is 1. The number of rotatable bonds is 4. The van der Waals surface area contributed by atoms with Gasteiger partial charge in [0.2, 0.25) is 0 Å². The van der Waals surface area contributed by atoms with Crippen LogP contribution in [0, 0.1) is 23.2 Å². The van der Waals surface area contributed by atoms with Crippen LogP contribution in [0.5, 0.6) is 0 Å². The first-order valence-electron chi connectivity index (χ1n) is 7.18. The minimum Gasteiger partial charge on any atom is -0.299 e. The van der Waals surface area contributed by atoms with Crippen LogP contribution in [-0.2, 0) is 4.79 Å². The summed E-state index contributed by atoms with van der Waals surface area (Å²) in [6.45, 7) is 2.25. The van der Waals surface area contributed by atoms with Crippen LogP contribution in [0.1, 0.15) is 50.5 Å². The smallest absolute Gasteiger partial charge is 0.144 e. The molecule has 1 aromatic rings. The largest absolute Gasteiger partial charge is 0.299 e. The Morgan fingerprint density at radius 3 is 2.47 bits per heavy atom. The van der Waals surface area contributed by atoms with Gasteiger partial charge in [-0.05, 0) is 24.3 Å². The minimum atomic E-state index is -0.232. The van der Waals surface area contributed by atoms with Crippen LogP contribution in [-0.4, -0.2) is 5.78 Å². The van der Waals surface area contributed by atoms with Crippen molar-refractivity contribution in [3.8, 4) is 6.07 Å². The Balaban J connectivity index is 2.11. The lowest BCUT2D eigenvalue weighted by Crippen LogP contribution is -2.26. The number of Topliss-reactive ketones (excluding diaryl/α,β-unsaturated/α-hetero) is 1. The Bertz CT molecular complexity index is 452. The number of nitrogens with zero attached hydrogens (tertiary/aromatic N) is 1. The van der Waals surface area contributed by atoms with E-state index in [-0.39, 0.29) is 17.6 Å². The quantitative estimate of drug-likeness (QED) is 0.813. The maximum atomic E-state index is 12.6. The number of carbonyl (C=O) groups is 1. The molecule has 0 bridgehead atoms. The summed E-state index contributed by atoms with van der Waals surface area (Å²) in [4.78, 5) is 12.6. The number of nitriles is 1. The van der Waals surface area contributed by atoms with Crippen molar-refractivity contribution in [2.45, 2.75) is 44.9 Å². The molecule has 0 amide bonds. The molecule has 0 aromatic heterocycles. The topological polar surface area (TPSA) is 40.9 Å². The van der Waals surface area contributed by atoms with Gasteiger partial charge >= 0.3 is 0 Å². The molecule has 0 N–H and O–H groups in total. The van der Waals surface area contributed by atoms with E-state index < -0.39 is 0 Å². The summed E-state index contributed by atoms with van der Waals surface area (Å²) < 4.78 is 0. The monoisotopic (exact) mass is 255 g/mol. The highest BCUT2D eigenvalue weighted by Crippen LogP contribution is 2.34. The normalized spacial score (nSPS) is 24.4. The first-order valence-corrected chi connectivity index (χ1v) is 7.18. The highest BCUT2D eigenvalue weighted by molar-refractivity contribution is 5.88. The summed E-state index contributed by atoms with van der Waals surface area (Å²) in [5.74, 6) is 0.953. The van der Waals surface area contributed by atoms with Crippen LogP contribution in [0.15, 0.2) is 30.3 Å². The standard InChI is InChI=1S/C17H21NO/c1-13-7-9-15(10-8-13)17(19)16(11-12-18)14-5-3-2-4-6-14/h2-6,13,15-16H,7-11H2,1H3. The van der Waals surface area contributed by atoms with Crippen LogP contribution in [0.4, 0.5) is 0 Å². The van der Waals surface area contributed by atoms with E-state index in [1.54, 1.807) is 0 Å². The summed E-state index contributed by atoms with van der Waals surface area (Å²) in [5, 5.41) is 8.99. The lowest BCUT2D eigenvalue weighted by atomic mass is 9.76. The second-order valence-electron chi connectivity index (χ2n) is 5.68. The molecule has 0 spiro atoms. The van der Waals surface area contributed by atoms with Crippen molar-refractivity contribution in [2.75, 3.05) is 0 Å². The fraction of sp³-hybridized carbons (Fsp3) is 0.529. The molecule has 1 saturated carbocycles. The van der Waals surface area contributed by atoms with Crippen LogP contribution in [0.3, 0.4) is 0 Å². The summed E-state index contributed by atoms with van der Waals surface area (Å²) in [6.07, 6.45) is 4.58. The lowest BCUT2D eigenvalue weighted by Gasteiger charge is -2.27. The number of hydrogen-bond donors (Lipinski definition) is 0. The van der Waals surface area contributed by atoms with Crippen LogP contribution < -0.4 is 0 Å². The molecule has 2 heteroatoms. The average molecular weight is 255 g/mol. The molecule has 1 fully saturated rings. The maximum absolute atomic E-state index is 12.6. The molecule has 0 saturated heterocycles. The molecule has 100 valence electrons. The molecule has 1 aliphatic carbocycles. The van der Waals surface area contributed by atoms with E-state index >= 15 is 0 Å². The second-order valence-corrected chi connectivity index (χ2v) is 5.68. The zero-order valence-corrected chi connectivity index (χ0v) is 11.5. The maximum Gasteiger partial charge on any atom is 0.144 e. The molecule has 2 nitrogen and oxygen atoms in total. The average Bonchev–Trinajstić information content (AvgIpc) is 2.46. The number of hydrogen-bond acceptors (Lipinski definition) is 2. The first kappa shape index (κ1) is 13.8. The Morgan fingerprint density at radius 1 is 1.26 bits per heavy atom. The molecule has 1 aromatic carbocycles. The molecule has 1 atom stereocenters. The zero-order valence-electron chi connectivity index (χ0n) is 11.5. The summed E-state index contributed by atoms with van der Waals surface area (Å²) >= 11 is 0. The molecule has 0 aliphatic heterocycles. The molecule has 19 heavy (non-hydrogen) atoms. The van der Waals surface area contributed by atoms with Gasteiger partial charge in [-0.3, -0.25) is 4.79 Å². The van der Waals surface area contributed by atoms with Gasteiger partial charge in [-0.25, -0.2) is 0 Å². The molecule has 1 aliphatic rings. The van der Waals surface area contributed by atoms with E-state index in [0.29, 0.717) is 6.42 Å². The van der Waals surface area contributed by atoms with E-state index in [2.05, 4.69) is 13.0 Å². The second kappa shape index (κ2) is 6.52. The highest BCUT2D eigenvalue weighted by atomic mass is 16.1. The Kier molecular flexibility index (Phi) is 4.74. The predicted molar refractivity (Wildman–Crippen MR) is 75.5 cm³/mol. The fourth-order valence-corrected chi connectivity index (χ4v) is 2.99. The van der Waals surface area contributed by atoms with E-state index in [0.717, 1.165) is 37.2 Å². The zero-order chi connectivity index (χ0) is 13.7. The van der Waals surface area contributed by atoms with Crippen molar-refractivity contribution in [2.24, 2.45) is 11.8 Å². The minimum absolute atomic E-state index is 0.162. The van der Waals surface area contributed by atoms with Crippen LogP contribution in [0.2, 0.25) is 0 Å². The van der Waals surface area contributed by atoms with Gasteiger partial charge < -0.3 is 0 Å². The van der Waals surface area contributed by atoms with E-state index in [4.69, 9.17) is 5.26 Å². The van der Waals surface area contributed by atoms with Crippen molar-refractivity contribution in [1.29, 1.82) is 5.26 Å². The van der Waals surface area contributed by atoms with E-state index in [1.807, 2.05) is 30.3 Å². The predicted octanol–water partition coefficient (Wildman–Crippen LogP) is 4.08. The summed E-state index contributed by atoms with van der Waals surface area (Å²) in [6, 6.07) is 11.9. The SMILES string of the molecule is CC1CCC(C(=O)C(CC#N)c2ccccc2)CC1. The van der Waals surface area contributed by atoms with Gasteiger partial charge in [0, 0.05) is 12.3 Å². The van der Waals surface area contributed by atoms with Crippen molar-refractivity contribution < 1.29 is 4.79 Å². The Hall–Kier alpha value is -1.62. The summed E-state index contributed by atoms with van der Waals surface area (Å²) in [7, 11) is 0. The van der Waals surface area contributed by atoms with E-state index in [1.165, 1.54) is 0 Å². The first-order chi connectivity index (χ1) is 9.22. The van der Waals surface area contributed by atoms with Gasteiger partial charge in [0.05, 0.1) is 12.0 Å². The van der Waals surface area contributed by atoms with Crippen LogP contribution >= 0.6 is 0 Å². The molecule has 2 rings (SSSR count). The third-order valence-corrected chi connectivity index (χ3v) is 4.26. The Morgan fingerprint density at radius 2 is 1.89 bits per heavy atom. The molecular weight excluding hydrogens is 234 g/mol. The summed E-state index contributed by atoms with van der Waals surface area (Å²) in [5.41, 5.74) is 0.993.